The smallest absolute Gasteiger partial charge is 0.125 e. The minimum atomic E-state index is 0.0708. The fourth-order valence-electron chi connectivity index (χ4n) is 15.5. The molecule has 0 bridgehead atoms. The van der Waals surface area contributed by atoms with E-state index in [0.29, 0.717) is 0 Å². The molecule has 6 aromatic carbocycles. The molecular weight excluding hydrogens is 1450 g/mol. The van der Waals surface area contributed by atoms with Crippen LogP contribution in [0.25, 0.3) is 12.2 Å². The van der Waals surface area contributed by atoms with Gasteiger partial charge in [0.2, 0.25) is 0 Å². The van der Waals surface area contributed by atoms with Crippen molar-refractivity contribution in [2.24, 2.45) is 47.3 Å². The Morgan fingerprint density at radius 2 is 0.437 bits per heavy atom. The summed E-state index contributed by atoms with van der Waals surface area (Å²) in [6, 6.07) is 52.9. The number of nitrogens with zero attached hydrogens (tertiary/aromatic N) is 8. The zero-order chi connectivity index (χ0) is 87.1. The summed E-state index contributed by atoms with van der Waals surface area (Å²) in [5.41, 5.74) is 22.6. The van der Waals surface area contributed by atoms with Crippen LogP contribution in [-0.2, 0) is 5.41 Å². The molecule has 5 aliphatic carbocycles. The predicted molar refractivity (Wildman–Crippen MR) is 514 cm³/mol. The van der Waals surface area contributed by atoms with Crippen molar-refractivity contribution in [2.45, 2.75) is 312 Å². The fourth-order valence-corrected chi connectivity index (χ4v) is 15.5. The lowest BCUT2D eigenvalue weighted by Gasteiger charge is -2.36. The van der Waals surface area contributed by atoms with Gasteiger partial charge in [-0.05, 0) is 266 Å². The maximum atomic E-state index is 4.02. The van der Waals surface area contributed by atoms with E-state index in [2.05, 4.69) is 295 Å². The number of allylic oxidation sites excluding steroid dienone is 2. The fraction of sp³-hybridized carbons (Fsp3) is 0.495. The van der Waals surface area contributed by atoms with Crippen LogP contribution < -0.4 is 0 Å². The lowest BCUT2D eigenvalue weighted by atomic mass is 9.70. The van der Waals surface area contributed by atoms with Gasteiger partial charge < -0.3 is 0 Å². The van der Waals surface area contributed by atoms with Gasteiger partial charge in [0.05, 0.1) is 22.8 Å². The van der Waals surface area contributed by atoms with Crippen LogP contribution in [0, 0.1) is 144 Å². The summed E-state index contributed by atoms with van der Waals surface area (Å²) >= 11 is 0. The molecule has 8 nitrogen and oxygen atoms in total. The molecule has 0 unspecified atom stereocenters. The first-order valence-corrected chi connectivity index (χ1v) is 45.5. The SMILES string of the molecule is CC1CCC(C)CC1.CC1CCC(C2CCC(C)CC2)CC1.CC=Cc1ccc(C)cc1.CC=Cc1ccc(C)cc1.Cc1ccc(C(C)(C)c2ccc(C)cc2)cc1.Cc1ccc(C2CCC(C)CC2)cc1.Cc1ccc(C2CCC(C)CC2)cc1.Cc1cnc(C)cn1.Cc1cnc(C)cn1.Cc1cnc(C)nc1.Cc1cnc(C)nc1. The Balaban J connectivity index is 0.000000236. The topological polar surface area (TPSA) is 103 Å². The molecule has 5 fully saturated rings. The van der Waals surface area contributed by atoms with Crippen LogP contribution in [-0.4, -0.2) is 39.9 Å². The van der Waals surface area contributed by atoms with Gasteiger partial charge in [-0.1, -0.05) is 336 Å². The van der Waals surface area contributed by atoms with Gasteiger partial charge in [0, 0.05) is 55.0 Å². The van der Waals surface area contributed by atoms with E-state index >= 15 is 0 Å². The van der Waals surface area contributed by atoms with Crippen molar-refractivity contribution in [3.05, 3.63) is 320 Å². The van der Waals surface area contributed by atoms with E-state index < -0.39 is 0 Å². The first-order valence-electron chi connectivity index (χ1n) is 45.5. The molecule has 0 amide bonds. The molecule has 0 spiro atoms. The molecule has 5 aliphatic rings. The van der Waals surface area contributed by atoms with Gasteiger partial charge in [0.25, 0.3) is 0 Å². The summed E-state index contributed by atoms with van der Waals surface area (Å²) in [6.07, 6.45) is 51.9. The second-order valence-electron chi connectivity index (χ2n) is 36.5. The summed E-state index contributed by atoms with van der Waals surface area (Å²) in [4.78, 5) is 31.9. The van der Waals surface area contributed by atoms with Gasteiger partial charge in [0.1, 0.15) is 11.6 Å². The Kier molecular flexibility index (Phi) is 47.3. The average Bonchev–Trinajstić information content (AvgIpc) is 0.804. The van der Waals surface area contributed by atoms with Crippen molar-refractivity contribution >= 4 is 12.2 Å². The highest BCUT2D eigenvalue weighted by Gasteiger charge is 2.29. The largest absolute Gasteiger partial charge is 0.258 e. The molecule has 0 aliphatic heterocycles. The van der Waals surface area contributed by atoms with Gasteiger partial charge in [0.15, 0.2) is 0 Å². The molecule has 10 aromatic rings. The lowest BCUT2D eigenvalue weighted by molar-refractivity contribution is 0.155. The minimum Gasteiger partial charge on any atom is -0.258 e. The number of aromatic nitrogens is 8. The Labute approximate surface area is 726 Å². The van der Waals surface area contributed by atoms with Crippen LogP contribution in [0.15, 0.2) is 207 Å². The van der Waals surface area contributed by atoms with Crippen LogP contribution in [0.3, 0.4) is 0 Å². The van der Waals surface area contributed by atoms with Crippen LogP contribution >= 0.6 is 0 Å². The van der Waals surface area contributed by atoms with Gasteiger partial charge in [-0.3, -0.25) is 19.9 Å². The van der Waals surface area contributed by atoms with E-state index in [9.17, 15) is 0 Å². The Morgan fingerprint density at radius 1 is 0.235 bits per heavy atom. The van der Waals surface area contributed by atoms with Crippen LogP contribution in [0.2, 0.25) is 0 Å². The highest BCUT2D eigenvalue weighted by Crippen LogP contribution is 2.42. The van der Waals surface area contributed by atoms with Gasteiger partial charge in [-0.2, -0.15) is 0 Å². The monoisotopic (exact) mass is 1600 g/mol. The highest BCUT2D eigenvalue weighted by atomic mass is 14.8. The summed E-state index contributed by atoms with van der Waals surface area (Å²) in [5, 5.41) is 0. The molecule has 642 valence electrons. The minimum absolute atomic E-state index is 0.0708. The molecule has 0 radical (unpaired) electrons. The Hall–Kier alpha value is -8.88. The van der Waals surface area contributed by atoms with Crippen molar-refractivity contribution in [1.82, 2.24) is 39.9 Å². The molecular formula is C111H158N8. The molecule has 0 saturated heterocycles. The second kappa shape index (κ2) is 55.9. The lowest BCUT2D eigenvalue weighted by Crippen LogP contribution is -2.24. The summed E-state index contributed by atoms with van der Waals surface area (Å²) in [6.45, 7) is 51.1. The number of rotatable bonds is 7. The van der Waals surface area contributed by atoms with Crippen molar-refractivity contribution in [1.29, 1.82) is 0 Å². The number of benzene rings is 6. The molecule has 8 heteroatoms. The third-order valence-electron chi connectivity index (χ3n) is 24.3. The number of hydrogen-bond acceptors (Lipinski definition) is 8. The van der Waals surface area contributed by atoms with Gasteiger partial charge in [-0.25, -0.2) is 19.9 Å². The van der Waals surface area contributed by atoms with E-state index in [-0.39, 0.29) is 5.41 Å². The second-order valence-corrected chi connectivity index (χ2v) is 36.5. The highest BCUT2D eigenvalue weighted by molar-refractivity contribution is 5.50. The summed E-state index contributed by atoms with van der Waals surface area (Å²) in [7, 11) is 0. The maximum Gasteiger partial charge on any atom is 0.125 e. The van der Waals surface area contributed by atoms with E-state index in [0.717, 1.165) is 105 Å². The molecule has 15 rings (SSSR count). The van der Waals surface area contributed by atoms with Gasteiger partial charge in [-0.15, -0.1) is 0 Å². The van der Waals surface area contributed by atoms with E-state index in [4.69, 9.17) is 0 Å². The number of hydrogen-bond donors (Lipinski definition) is 0. The normalized spacial score (nSPS) is 20.4. The van der Waals surface area contributed by atoms with Crippen molar-refractivity contribution < 1.29 is 0 Å². The molecule has 0 atom stereocenters. The molecule has 5 saturated carbocycles. The van der Waals surface area contributed by atoms with Crippen LogP contribution in [0.1, 0.15) is 322 Å². The zero-order valence-corrected chi connectivity index (χ0v) is 78.8. The third-order valence-corrected chi connectivity index (χ3v) is 24.3. The summed E-state index contributed by atoms with van der Waals surface area (Å²) < 4.78 is 0. The average molecular weight is 1600 g/mol. The molecule has 4 heterocycles. The number of aryl methyl sites for hydroxylation is 14. The van der Waals surface area contributed by atoms with Gasteiger partial charge >= 0.3 is 0 Å². The molecule has 4 aromatic heterocycles. The van der Waals surface area contributed by atoms with Crippen LogP contribution in [0.5, 0.6) is 0 Å². The molecule has 119 heavy (non-hydrogen) atoms. The Morgan fingerprint density at radius 3 is 0.647 bits per heavy atom. The first kappa shape index (κ1) is 101. The van der Waals surface area contributed by atoms with E-state index in [1.54, 1.807) is 61.6 Å². The first-order chi connectivity index (χ1) is 56.8. The Bertz CT molecular complexity index is 3820. The van der Waals surface area contributed by atoms with Crippen molar-refractivity contribution in [3.8, 4) is 0 Å². The molecule has 0 N–H and O–H groups in total. The van der Waals surface area contributed by atoms with Crippen molar-refractivity contribution in [2.75, 3.05) is 0 Å². The zero-order valence-electron chi connectivity index (χ0n) is 78.8. The third kappa shape index (κ3) is 42.8. The summed E-state index contributed by atoms with van der Waals surface area (Å²) in [5.74, 6) is 11.6. The predicted octanol–water partition coefficient (Wildman–Crippen LogP) is 31.1. The van der Waals surface area contributed by atoms with Crippen molar-refractivity contribution in [3.63, 3.8) is 0 Å². The van der Waals surface area contributed by atoms with Crippen LogP contribution in [0.4, 0.5) is 0 Å². The van der Waals surface area contributed by atoms with E-state index in [1.165, 1.54) is 158 Å². The van der Waals surface area contributed by atoms with E-state index in [1.807, 2.05) is 106 Å². The standard InChI is InChI=1S/C17H20.C14H26.2C14H20.2C10H12.C8H16.4C6H8N2/c1-13-5-9-15(10-6-13)17(3,4)16-11-7-14(2)8-12-16;3*1-11-3-7-13(8-4-11)14-9-5-12(2)6-10-14;2*1-3-4-10-7-5-9(2)6-8-10;1-7-3-5-8(2)6-4-7;2*1-5-3-8-6(2)4-7-5;2*1-5-3-7-6(2)8-4-5/h5-12H,1-4H3;11-14H,3-10H2,1-2H3;2*3-4,7-8,12,14H,5-6,9-10H2,1-2H3;2*3-8H,1-2H3;7-8H,3-6H2,1-2H3;4*3-4H,1-2H3. The quantitative estimate of drug-likeness (QED) is 0.155. The maximum absolute atomic E-state index is 4.02.